The SMILES string of the molecule is Cn1c(N2CC[C@H](Nc3ccc(C#N)nc3)C2)cc(=O)n(C)c1=O. The van der Waals surface area contributed by atoms with Gasteiger partial charge in [-0.3, -0.25) is 13.9 Å². The van der Waals surface area contributed by atoms with Crippen molar-refractivity contribution in [2.24, 2.45) is 14.1 Å². The van der Waals surface area contributed by atoms with Crippen molar-refractivity contribution in [3.8, 4) is 6.07 Å². The van der Waals surface area contributed by atoms with Crippen LogP contribution in [0.3, 0.4) is 0 Å². The Kier molecular flexibility index (Phi) is 4.08. The largest absolute Gasteiger partial charge is 0.379 e. The number of aromatic nitrogens is 3. The summed E-state index contributed by atoms with van der Waals surface area (Å²) in [6.07, 6.45) is 2.51. The van der Waals surface area contributed by atoms with E-state index < -0.39 is 0 Å². The van der Waals surface area contributed by atoms with Crippen LogP contribution in [0, 0.1) is 11.3 Å². The van der Waals surface area contributed by atoms with Crippen molar-refractivity contribution < 1.29 is 0 Å². The maximum atomic E-state index is 12.0. The van der Waals surface area contributed by atoms with Gasteiger partial charge in [0.1, 0.15) is 17.6 Å². The minimum atomic E-state index is -0.329. The lowest BCUT2D eigenvalue weighted by Gasteiger charge is -2.22. The molecule has 1 N–H and O–H groups in total. The molecule has 1 aliphatic heterocycles. The van der Waals surface area contributed by atoms with Gasteiger partial charge < -0.3 is 10.2 Å². The number of nitrogens with zero attached hydrogens (tertiary/aromatic N) is 5. The summed E-state index contributed by atoms with van der Waals surface area (Å²) in [5, 5.41) is 12.1. The minimum absolute atomic E-state index is 0.180. The van der Waals surface area contributed by atoms with Crippen molar-refractivity contribution in [3.63, 3.8) is 0 Å². The zero-order valence-electron chi connectivity index (χ0n) is 13.6. The molecule has 0 aliphatic carbocycles. The minimum Gasteiger partial charge on any atom is -0.379 e. The second-order valence-electron chi connectivity index (χ2n) is 5.86. The average Bonchev–Trinajstić information content (AvgIpc) is 3.05. The maximum Gasteiger partial charge on any atom is 0.332 e. The van der Waals surface area contributed by atoms with Gasteiger partial charge in [-0.25, -0.2) is 9.78 Å². The molecule has 3 heterocycles. The second kappa shape index (κ2) is 6.20. The molecule has 8 nitrogen and oxygen atoms in total. The third kappa shape index (κ3) is 2.88. The van der Waals surface area contributed by atoms with E-state index in [1.807, 2.05) is 17.0 Å². The summed E-state index contributed by atoms with van der Waals surface area (Å²) in [6, 6.07) is 7.15. The zero-order chi connectivity index (χ0) is 17.3. The molecular weight excluding hydrogens is 308 g/mol. The van der Waals surface area contributed by atoms with Crippen LogP contribution in [-0.4, -0.2) is 33.2 Å². The average molecular weight is 326 g/mol. The monoisotopic (exact) mass is 326 g/mol. The van der Waals surface area contributed by atoms with Gasteiger partial charge in [-0.2, -0.15) is 5.26 Å². The molecule has 0 amide bonds. The molecule has 1 aliphatic rings. The smallest absolute Gasteiger partial charge is 0.332 e. The molecule has 2 aromatic heterocycles. The Morgan fingerprint density at radius 2 is 2.08 bits per heavy atom. The lowest BCUT2D eigenvalue weighted by molar-refractivity contribution is 0.672. The first-order chi connectivity index (χ1) is 11.5. The van der Waals surface area contributed by atoms with E-state index in [0.29, 0.717) is 18.1 Å². The van der Waals surface area contributed by atoms with Gasteiger partial charge in [-0.05, 0) is 18.6 Å². The lowest BCUT2D eigenvalue weighted by atomic mass is 10.2. The quantitative estimate of drug-likeness (QED) is 0.856. The van der Waals surface area contributed by atoms with Crippen LogP contribution in [0.15, 0.2) is 34.0 Å². The van der Waals surface area contributed by atoms with Crippen LogP contribution in [0.5, 0.6) is 0 Å². The molecule has 1 fully saturated rings. The first kappa shape index (κ1) is 15.8. The molecule has 2 aromatic rings. The Morgan fingerprint density at radius 3 is 2.75 bits per heavy atom. The molecule has 124 valence electrons. The highest BCUT2D eigenvalue weighted by molar-refractivity contribution is 5.46. The highest BCUT2D eigenvalue weighted by Gasteiger charge is 2.25. The van der Waals surface area contributed by atoms with Crippen LogP contribution in [-0.2, 0) is 14.1 Å². The van der Waals surface area contributed by atoms with Gasteiger partial charge in [0.25, 0.3) is 5.56 Å². The van der Waals surface area contributed by atoms with Crippen molar-refractivity contribution >= 4 is 11.5 Å². The Balaban J connectivity index is 1.75. The number of anilines is 2. The molecule has 0 saturated carbocycles. The molecule has 8 heteroatoms. The molecule has 0 spiro atoms. The number of hydrogen-bond acceptors (Lipinski definition) is 6. The highest BCUT2D eigenvalue weighted by Crippen LogP contribution is 2.20. The zero-order valence-corrected chi connectivity index (χ0v) is 13.6. The highest BCUT2D eigenvalue weighted by atomic mass is 16.2. The molecule has 0 bridgehead atoms. The Hall–Kier alpha value is -3.08. The Bertz CT molecular complexity index is 906. The predicted octanol–water partition coefficient (Wildman–Crippen LogP) is 0.0415. The van der Waals surface area contributed by atoms with E-state index in [2.05, 4.69) is 10.3 Å². The normalized spacial score (nSPS) is 16.9. The molecule has 0 aromatic carbocycles. The maximum absolute atomic E-state index is 12.0. The summed E-state index contributed by atoms with van der Waals surface area (Å²) in [7, 11) is 3.14. The van der Waals surface area contributed by atoms with Crippen molar-refractivity contribution in [2.75, 3.05) is 23.3 Å². The number of hydrogen-bond donors (Lipinski definition) is 1. The molecule has 1 saturated heterocycles. The fourth-order valence-corrected chi connectivity index (χ4v) is 2.89. The molecule has 1 atom stereocenters. The van der Waals surface area contributed by atoms with Gasteiger partial charge in [0.2, 0.25) is 0 Å². The van der Waals surface area contributed by atoms with Crippen LogP contribution in [0.2, 0.25) is 0 Å². The molecular formula is C16H18N6O2. The van der Waals surface area contributed by atoms with Gasteiger partial charge in [0, 0.05) is 39.3 Å². The fourth-order valence-electron chi connectivity index (χ4n) is 2.89. The van der Waals surface area contributed by atoms with E-state index in [9.17, 15) is 9.59 Å². The van der Waals surface area contributed by atoms with Crippen LogP contribution >= 0.6 is 0 Å². The van der Waals surface area contributed by atoms with Gasteiger partial charge in [-0.1, -0.05) is 0 Å². The van der Waals surface area contributed by atoms with Gasteiger partial charge >= 0.3 is 5.69 Å². The standard InChI is InChI=1S/C16H18N6O2/c1-20-14(7-15(23)21(2)16(20)24)22-6-5-13(10-22)19-12-4-3-11(8-17)18-9-12/h3-4,7,9,13,19H,5-6,10H2,1-2H3/t13-/m0/s1. The summed E-state index contributed by atoms with van der Waals surface area (Å²) in [4.78, 5) is 30.0. The van der Waals surface area contributed by atoms with Crippen LogP contribution in [0.4, 0.5) is 11.5 Å². The molecule has 3 rings (SSSR count). The van der Waals surface area contributed by atoms with E-state index in [1.165, 1.54) is 17.7 Å². The Labute approximate surface area is 138 Å². The Morgan fingerprint density at radius 1 is 1.29 bits per heavy atom. The molecule has 0 radical (unpaired) electrons. The molecule has 0 unspecified atom stereocenters. The van der Waals surface area contributed by atoms with Crippen LogP contribution in [0.1, 0.15) is 12.1 Å². The van der Waals surface area contributed by atoms with E-state index >= 15 is 0 Å². The fraction of sp³-hybridized carbons (Fsp3) is 0.375. The third-order valence-corrected chi connectivity index (χ3v) is 4.26. The topological polar surface area (TPSA) is 95.9 Å². The summed E-state index contributed by atoms with van der Waals surface area (Å²) < 4.78 is 2.59. The van der Waals surface area contributed by atoms with Crippen molar-refractivity contribution in [3.05, 3.63) is 50.9 Å². The van der Waals surface area contributed by atoms with E-state index in [4.69, 9.17) is 5.26 Å². The number of nitriles is 1. The van der Waals surface area contributed by atoms with Gasteiger partial charge in [0.15, 0.2) is 0 Å². The van der Waals surface area contributed by atoms with E-state index in [-0.39, 0.29) is 17.3 Å². The van der Waals surface area contributed by atoms with Crippen LogP contribution in [0.25, 0.3) is 0 Å². The number of rotatable bonds is 3. The van der Waals surface area contributed by atoms with Crippen molar-refractivity contribution in [1.29, 1.82) is 5.26 Å². The second-order valence-corrected chi connectivity index (χ2v) is 5.86. The first-order valence-corrected chi connectivity index (χ1v) is 7.64. The molecule has 24 heavy (non-hydrogen) atoms. The summed E-state index contributed by atoms with van der Waals surface area (Å²) >= 11 is 0. The first-order valence-electron chi connectivity index (χ1n) is 7.64. The summed E-state index contributed by atoms with van der Waals surface area (Å²) in [6.45, 7) is 1.43. The third-order valence-electron chi connectivity index (χ3n) is 4.26. The van der Waals surface area contributed by atoms with Crippen LogP contribution < -0.4 is 21.5 Å². The number of pyridine rings is 1. The van der Waals surface area contributed by atoms with E-state index in [1.54, 1.807) is 19.3 Å². The van der Waals surface area contributed by atoms with Crippen molar-refractivity contribution in [2.45, 2.75) is 12.5 Å². The summed E-state index contributed by atoms with van der Waals surface area (Å²) in [5.41, 5.74) is 0.591. The summed E-state index contributed by atoms with van der Waals surface area (Å²) in [5.74, 6) is 0.630. The predicted molar refractivity (Wildman–Crippen MR) is 90.1 cm³/mol. The van der Waals surface area contributed by atoms with Gasteiger partial charge in [0.05, 0.1) is 11.9 Å². The lowest BCUT2D eigenvalue weighted by Crippen LogP contribution is -2.40. The number of nitrogens with one attached hydrogen (secondary N) is 1. The van der Waals surface area contributed by atoms with Crippen molar-refractivity contribution in [1.82, 2.24) is 14.1 Å². The van der Waals surface area contributed by atoms with Gasteiger partial charge in [-0.15, -0.1) is 0 Å². The van der Waals surface area contributed by atoms with E-state index in [0.717, 1.165) is 23.2 Å².